The molecule has 1 aromatic carbocycles. The molecule has 1 unspecified atom stereocenters. The second-order valence-corrected chi connectivity index (χ2v) is 11.3. The molecule has 2 N–H and O–H groups in total. The fourth-order valence-corrected chi connectivity index (χ4v) is 7.25. The van der Waals surface area contributed by atoms with Crippen molar-refractivity contribution in [3.8, 4) is 0 Å². The lowest BCUT2D eigenvalue weighted by atomic mass is 9.38. The molecule has 188 valence electrons. The van der Waals surface area contributed by atoms with E-state index >= 15 is 0 Å². The summed E-state index contributed by atoms with van der Waals surface area (Å²) in [6.07, 6.45) is 11.9. The van der Waals surface area contributed by atoms with Gasteiger partial charge in [0, 0.05) is 38.8 Å². The normalized spacial score (nSPS) is 25.6. The molecular formula is C27H35N3O5. The lowest BCUT2D eigenvalue weighted by molar-refractivity contribution is -0.170. The Balaban J connectivity index is 0.000000164. The van der Waals surface area contributed by atoms with Crippen LogP contribution in [0.2, 0.25) is 0 Å². The zero-order valence-electron chi connectivity index (χ0n) is 20.4. The Morgan fingerprint density at radius 1 is 1.17 bits per heavy atom. The molecule has 35 heavy (non-hydrogen) atoms. The Kier molecular flexibility index (Phi) is 6.42. The number of methoxy groups -OCH3 is 1. The predicted molar refractivity (Wildman–Crippen MR) is 128 cm³/mol. The van der Waals surface area contributed by atoms with Gasteiger partial charge >= 0.3 is 0 Å². The highest BCUT2D eigenvalue weighted by atomic mass is 16.5. The minimum absolute atomic E-state index is 0.211. The molecule has 1 atom stereocenters. The van der Waals surface area contributed by atoms with Gasteiger partial charge in [0.05, 0.1) is 0 Å². The maximum absolute atomic E-state index is 12.5. The fraction of sp³-hybridized carbons (Fsp3) is 0.630. The lowest BCUT2D eigenvalue weighted by Crippen LogP contribution is -2.56. The highest BCUT2D eigenvalue weighted by molar-refractivity contribution is 6.05. The van der Waals surface area contributed by atoms with Gasteiger partial charge in [-0.25, -0.2) is 0 Å². The summed E-state index contributed by atoms with van der Waals surface area (Å²) in [5, 5.41) is 4.82. The standard InChI is InChI=1S/C15H15N3O4.C12H20O/c19-8-16-6-9-1-2-10-7-18(15(22)11(10)5-9)12-3-4-13(20)17-14(12)21;1-13-7-10-5-12(6-10)8-11(9-12)3-2-4-11/h1-2,5,8,12H,3-4,6-7H2,(H,16,19)(H,17,20,21);10H,2-9H2,1H3. The van der Waals surface area contributed by atoms with E-state index in [0.29, 0.717) is 31.5 Å². The number of piperidine rings is 1. The number of nitrogens with zero attached hydrogens (tertiary/aromatic N) is 1. The van der Waals surface area contributed by atoms with Crippen molar-refractivity contribution >= 4 is 24.1 Å². The molecular weight excluding hydrogens is 446 g/mol. The van der Waals surface area contributed by atoms with Gasteiger partial charge in [0.1, 0.15) is 6.04 Å². The van der Waals surface area contributed by atoms with Gasteiger partial charge in [-0.15, -0.1) is 0 Å². The van der Waals surface area contributed by atoms with E-state index in [1.54, 1.807) is 31.7 Å². The van der Waals surface area contributed by atoms with Gasteiger partial charge in [0.2, 0.25) is 18.2 Å². The molecule has 2 spiro atoms. The molecule has 8 heteroatoms. The summed E-state index contributed by atoms with van der Waals surface area (Å²) in [5.74, 6) is -0.0206. The number of benzene rings is 1. The van der Waals surface area contributed by atoms with E-state index in [1.165, 1.54) is 24.2 Å². The molecule has 2 aliphatic heterocycles. The molecule has 3 saturated carbocycles. The summed E-state index contributed by atoms with van der Waals surface area (Å²) in [5.41, 5.74) is 3.92. The summed E-state index contributed by atoms with van der Waals surface area (Å²) in [6.45, 7) is 1.72. The molecule has 6 rings (SSSR count). The van der Waals surface area contributed by atoms with Crippen molar-refractivity contribution < 1.29 is 23.9 Å². The Morgan fingerprint density at radius 2 is 1.94 bits per heavy atom. The SMILES string of the molecule is COCC1CC2(C1)CC1(CCC1)C2.O=CNCc1ccc2c(c1)C(=O)N(C1CCC(=O)NC1=O)C2. The Labute approximate surface area is 206 Å². The quantitative estimate of drug-likeness (QED) is 0.480. The highest BCUT2D eigenvalue weighted by Crippen LogP contribution is 2.72. The van der Waals surface area contributed by atoms with E-state index in [0.717, 1.165) is 34.5 Å². The first-order valence-corrected chi connectivity index (χ1v) is 12.8. The van der Waals surface area contributed by atoms with Crippen molar-refractivity contribution in [1.29, 1.82) is 0 Å². The molecule has 0 bridgehead atoms. The number of fused-ring (bicyclic) bond motifs is 1. The van der Waals surface area contributed by atoms with Crippen LogP contribution in [0, 0.1) is 16.7 Å². The van der Waals surface area contributed by atoms with E-state index in [9.17, 15) is 19.2 Å². The van der Waals surface area contributed by atoms with Crippen LogP contribution in [0.5, 0.6) is 0 Å². The van der Waals surface area contributed by atoms with Crippen molar-refractivity contribution in [1.82, 2.24) is 15.5 Å². The largest absolute Gasteiger partial charge is 0.384 e. The molecule has 4 amide bonds. The molecule has 0 radical (unpaired) electrons. The van der Waals surface area contributed by atoms with Crippen LogP contribution in [0.4, 0.5) is 0 Å². The first-order chi connectivity index (χ1) is 16.9. The second kappa shape index (κ2) is 9.37. The number of rotatable bonds is 6. The van der Waals surface area contributed by atoms with Crippen molar-refractivity contribution in [2.45, 2.75) is 76.9 Å². The molecule has 0 aromatic heterocycles. The van der Waals surface area contributed by atoms with Crippen LogP contribution in [0.15, 0.2) is 18.2 Å². The van der Waals surface area contributed by atoms with Crippen LogP contribution in [0.1, 0.15) is 79.3 Å². The zero-order chi connectivity index (χ0) is 24.6. The summed E-state index contributed by atoms with van der Waals surface area (Å²) < 4.78 is 5.20. The fourth-order valence-electron chi connectivity index (χ4n) is 7.25. The average Bonchev–Trinajstić information content (AvgIpc) is 3.08. The monoisotopic (exact) mass is 481 g/mol. The van der Waals surface area contributed by atoms with E-state index in [1.807, 2.05) is 19.2 Å². The smallest absolute Gasteiger partial charge is 0.255 e. The van der Waals surface area contributed by atoms with Crippen molar-refractivity contribution in [2.75, 3.05) is 13.7 Å². The molecule has 2 heterocycles. The second-order valence-electron chi connectivity index (χ2n) is 11.3. The van der Waals surface area contributed by atoms with Crippen molar-refractivity contribution in [2.24, 2.45) is 16.7 Å². The van der Waals surface area contributed by atoms with Crippen LogP contribution in [0.3, 0.4) is 0 Å². The van der Waals surface area contributed by atoms with Crippen LogP contribution in [-0.4, -0.2) is 48.8 Å². The predicted octanol–water partition coefficient (Wildman–Crippen LogP) is 2.69. The number of hydrogen-bond donors (Lipinski definition) is 2. The summed E-state index contributed by atoms with van der Waals surface area (Å²) >= 11 is 0. The van der Waals surface area contributed by atoms with Crippen LogP contribution < -0.4 is 10.6 Å². The molecule has 3 aliphatic carbocycles. The summed E-state index contributed by atoms with van der Waals surface area (Å²) in [7, 11) is 1.83. The van der Waals surface area contributed by atoms with E-state index in [4.69, 9.17) is 4.74 Å². The number of ether oxygens (including phenoxy) is 1. The van der Waals surface area contributed by atoms with Crippen LogP contribution >= 0.6 is 0 Å². The highest BCUT2D eigenvalue weighted by Gasteiger charge is 2.61. The van der Waals surface area contributed by atoms with E-state index in [-0.39, 0.29) is 18.2 Å². The maximum Gasteiger partial charge on any atom is 0.255 e. The van der Waals surface area contributed by atoms with Gasteiger partial charge in [-0.2, -0.15) is 0 Å². The summed E-state index contributed by atoms with van der Waals surface area (Å²) in [6, 6.07) is 4.81. The third kappa shape index (κ3) is 4.60. The molecule has 8 nitrogen and oxygen atoms in total. The minimum atomic E-state index is -0.603. The lowest BCUT2D eigenvalue weighted by Gasteiger charge is -2.67. The summed E-state index contributed by atoms with van der Waals surface area (Å²) in [4.78, 5) is 47.5. The van der Waals surface area contributed by atoms with E-state index in [2.05, 4.69) is 10.6 Å². The molecule has 4 fully saturated rings. The van der Waals surface area contributed by atoms with Gasteiger partial charge in [-0.1, -0.05) is 18.6 Å². The Hall–Kier alpha value is -2.74. The molecule has 1 saturated heterocycles. The van der Waals surface area contributed by atoms with Gasteiger partial charge in [0.15, 0.2) is 0 Å². The Bertz CT molecular complexity index is 1020. The first kappa shape index (κ1) is 24.0. The Morgan fingerprint density at radius 3 is 2.57 bits per heavy atom. The molecule has 1 aromatic rings. The minimum Gasteiger partial charge on any atom is -0.384 e. The van der Waals surface area contributed by atoms with Crippen molar-refractivity contribution in [3.05, 3.63) is 34.9 Å². The average molecular weight is 482 g/mol. The topological polar surface area (TPSA) is 105 Å². The van der Waals surface area contributed by atoms with Gasteiger partial charge in [-0.3, -0.25) is 24.5 Å². The first-order valence-electron chi connectivity index (χ1n) is 12.8. The zero-order valence-corrected chi connectivity index (χ0v) is 20.4. The van der Waals surface area contributed by atoms with Crippen LogP contribution in [0.25, 0.3) is 0 Å². The van der Waals surface area contributed by atoms with Gasteiger partial charge < -0.3 is 15.0 Å². The van der Waals surface area contributed by atoms with Crippen LogP contribution in [-0.2, 0) is 32.2 Å². The number of imide groups is 1. The maximum atomic E-state index is 12.5. The van der Waals surface area contributed by atoms with Gasteiger partial charge in [0.25, 0.3) is 5.91 Å². The number of carbonyl (C=O) groups excluding carboxylic acids is 4. The number of nitrogens with one attached hydrogen (secondary N) is 2. The van der Waals surface area contributed by atoms with E-state index < -0.39 is 11.9 Å². The molecule has 5 aliphatic rings. The number of hydrogen-bond acceptors (Lipinski definition) is 5. The third-order valence-electron chi connectivity index (χ3n) is 8.74. The van der Waals surface area contributed by atoms with Crippen molar-refractivity contribution in [3.63, 3.8) is 0 Å². The number of carbonyl (C=O) groups is 4. The number of amides is 4. The third-order valence-corrected chi connectivity index (χ3v) is 8.74. The van der Waals surface area contributed by atoms with Gasteiger partial charge in [-0.05, 0) is 78.9 Å².